The summed E-state index contributed by atoms with van der Waals surface area (Å²) in [5, 5.41) is 4.04. The van der Waals surface area contributed by atoms with Crippen LogP contribution in [-0.2, 0) is 4.79 Å². The SMILES string of the molecule is Cc1ccc(/C=N/NC(=O)CCN2CCN(c3ccccc3)CC2)cc1. The van der Waals surface area contributed by atoms with Crippen LogP contribution in [0.4, 0.5) is 5.69 Å². The van der Waals surface area contributed by atoms with E-state index in [0.717, 1.165) is 38.3 Å². The van der Waals surface area contributed by atoms with Crippen LogP contribution < -0.4 is 10.3 Å². The molecule has 1 heterocycles. The van der Waals surface area contributed by atoms with E-state index in [-0.39, 0.29) is 5.91 Å². The Morgan fingerprint density at radius 1 is 1.04 bits per heavy atom. The zero-order chi connectivity index (χ0) is 18.2. The molecule has 0 aliphatic carbocycles. The number of benzene rings is 2. The maximum Gasteiger partial charge on any atom is 0.241 e. The molecule has 1 saturated heterocycles. The largest absolute Gasteiger partial charge is 0.369 e. The molecule has 1 N–H and O–H groups in total. The molecule has 1 fully saturated rings. The van der Waals surface area contributed by atoms with Gasteiger partial charge in [-0.2, -0.15) is 5.10 Å². The Bertz CT molecular complexity index is 719. The van der Waals surface area contributed by atoms with Crippen molar-refractivity contribution in [1.29, 1.82) is 0 Å². The Labute approximate surface area is 155 Å². The first-order valence-corrected chi connectivity index (χ1v) is 9.11. The van der Waals surface area contributed by atoms with E-state index in [1.54, 1.807) is 6.21 Å². The fourth-order valence-corrected chi connectivity index (χ4v) is 3.02. The molecule has 0 radical (unpaired) electrons. The molecule has 2 aromatic carbocycles. The zero-order valence-electron chi connectivity index (χ0n) is 15.3. The highest BCUT2D eigenvalue weighted by Crippen LogP contribution is 2.15. The monoisotopic (exact) mass is 350 g/mol. The van der Waals surface area contributed by atoms with Gasteiger partial charge in [0.15, 0.2) is 0 Å². The highest BCUT2D eigenvalue weighted by molar-refractivity contribution is 5.82. The van der Waals surface area contributed by atoms with Crippen molar-refractivity contribution in [3.05, 3.63) is 65.7 Å². The molecule has 0 aromatic heterocycles. The number of nitrogens with one attached hydrogen (secondary N) is 1. The van der Waals surface area contributed by atoms with Gasteiger partial charge in [-0.05, 0) is 24.6 Å². The van der Waals surface area contributed by atoms with Crippen LogP contribution in [0.3, 0.4) is 0 Å². The number of hydrogen-bond donors (Lipinski definition) is 1. The Hall–Kier alpha value is -2.66. The second-order valence-electron chi connectivity index (χ2n) is 6.62. The summed E-state index contributed by atoms with van der Waals surface area (Å²) in [5.41, 5.74) is 6.07. The lowest BCUT2D eigenvalue weighted by atomic mass is 10.2. The molecule has 5 heteroatoms. The van der Waals surface area contributed by atoms with Crippen molar-refractivity contribution in [2.45, 2.75) is 13.3 Å². The van der Waals surface area contributed by atoms with E-state index in [9.17, 15) is 4.79 Å². The summed E-state index contributed by atoms with van der Waals surface area (Å²) in [6.45, 7) is 6.77. The van der Waals surface area contributed by atoms with Crippen LogP contribution in [0, 0.1) is 6.92 Å². The van der Waals surface area contributed by atoms with Crippen LogP contribution >= 0.6 is 0 Å². The highest BCUT2D eigenvalue weighted by atomic mass is 16.2. The van der Waals surface area contributed by atoms with Gasteiger partial charge >= 0.3 is 0 Å². The average molecular weight is 350 g/mol. The van der Waals surface area contributed by atoms with Crippen LogP contribution in [0.2, 0.25) is 0 Å². The normalized spacial score (nSPS) is 15.3. The molecule has 0 bridgehead atoms. The molecule has 1 amide bonds. The number of amides is 1. The van der Waals surface area contributed by atoms with Crippen molar-refractivity contribution in [3.8, 4) is 0 Å². The number of hydrogen-bond acceptors (Lipinski definition) is 4. The highest BCUT2D eigenvalue weighted by Gasteiger charge is 2.17. The predicted molar refractivity (Wildman–Crippen MR) is 107 cm³/mol. The van der Waals surface area contributed by atoms with E-state index in [1.165, 1.54) is 11.3 Å². The summed E-state index contributed by atoms with van der Waals surface area (Å²) in [6.07, 6.45) is 2.15. The van der Waals surface area contributed by atoms with Gasteiger partial charge < -0.3 is 4.90 Å². The lowest BCUT2D eigenvalue weighted by Gasteiger charge is -2.36. The van der Waals surface area contributed by atoms with E-state index in [4.69, 9.17) is 0 Å². The second-order valence-corrected chi connectivity index (χ2v) is 6.62. The Balaban J connectivity index is 1.35. The molecule has 5 nitrogen and oxygen atoms in total. The molecule has 3 rings (SSSR count). The van der Waals surface area contributed by atoms with E-state index >= 15 is 0 Å². The van der Waals surface area contributed by atoms with Gasteiger partial charge in [-0.15, -0.1) is 0 Å². The number of aryl methyl sites for hydroxylation is 1. The molecule has 0 spiro atoms. The van der Waals surface area contributed by atoms with Gasteiger partial charge in [-0.1, -0.05) is 48.0 Å². The van der Waals surface area contributed by atoms with Gasteiger partial charge in [0.1, 0.15) is 0 Å². The summed E-state index contributed by atoms with van der Waals surface area (Å²) in [6, 6.07) is 18.5. The van der Waals surface area contributed by atoms with Crippen LogP contribution in [0.1, 0.15) is 17.5 Å². The van der Waals surface area contributed by atoms with E-state index in [1.807, 2.05) is 37.3 Å². The summed E-state index contributed by atoms with van der Waals surface area (Å²) >= 11 is 0. The molecule has 0 saturated carbocycles. The third kappa shape index (κ3) is 5.43. The summed E-state index contributed by atoms with van der Waals surface area (Å²) < 4.78 is 0. The van der Waals surface area contributed by atoms with Crippen molar-refractivity contribution < 1.29 is 4.79 Å². The smallest absolute Gasteiger partial charge is 0.241 e. The minimum absolute atomic E-state index is 0.0427. The molecule has 1 aliphatic rings. The molecule has 1 aliphatic heterocycles. The minimum Gasteiger partial charge on any atom is -0.369 e. The van der Waals surface area contributed by atoms with Gasteiger partial charge in [0, 0.05) is 44.8 Å². The van der Waals surface area contributed by atoms with Crippen molar-refractivity contribution >= 4 is 17.8 Å². The number of para-hydroxylation sites is 1. The Morgan fingerprint density at radius 2 is 1.73 bits per heavy atom. The maximum atomic E-state index is 12.0. The van der Waals surface area contributed by atoms with E-state index in [0.29, 0.717) is 6.42 Å². The molecule has 136 valence electrons. The number of hydrazone groups is 1. The number of rotatable bonds is 6. The number of carbonyl (C=O) groups excluding carboxylic acids is 1. The fraction of sp³-hybridized carbons (Fsp3) is 0.333. The number of carbonyl (C=O) groups is 1. The van der Waals surface area contributed by atoms with Crippen LogP contribution in [0.15, 0.2) is 59.7 Å². The molecular weight excluding hydrogens is 324 g/mol. The van der Waals surface area contributed by atoms with Crippen molar-refractivity contribution in [3.63, 3.8) is 0 Å². The molecular formula is C21H26N4O. The maximum absolute atomic E-state index is 12.0. The van der Waals surface area contributed by atoms with Gasteiger partial charge in [0.2, 0.25) is 5.91 Å². The first kappa shape index (κ1) is 18.1. The van der Waals surface area contributed by atoms with Crippen LogP contribution in [0.5, 0.6) is 0 Å². The van der Waals surface area contributed by atoms with Crippen molar-refractivity contribution in [2.75, 3.05) is 37.6 Å². The van der Waals surface area contributed by atoms with Gasteiger partial charge in [0.25, 0.3) is 0 Å². The van der Waals surface area contributed by atoms with Crippen molar-refractivity contribution in [1.82, 2.24) is 10.3 Å². The zero-order valence-corrected chi connectivity index (χ0v) is 15.3. The average Bonchev–Trinajstić information content (AvgIpc) is 2.69. The molecule has 2 aromatic rings. The first-order chi connectivity index (χ1) is 12.7. The van der Waals surface area contributed by atoms with Gasteiger partial charge in [-0.3, -0.25) is 9.69 Å². The third-order valence-electron chi connectivity index (χ3n) is 4.63. The summed E-state index contributed by atoms with van der Waals surface area (Å²) in [7, 11) is 0. The number of piperazine rings is 1. The van der Waals surface area contributed by atoms with E-state index < -0.39 is 0 Å². The lowest BCUT2D eigenvalue weighted by molar-refractivity contribution is -0.121. The first-order valence-electron chi connectivity index (χ1n) is 9.11. The van der Waals surface area contributed by atoms with Gasteiger partial charge in [-0.25, -0.2) is 5.43 Å². The topological polar surface area (TPSA) is 47.9 Å². The Morgan fingerprint density at radius 3 is 2.42 bits per heavy atom. The standard InChI is InChI=1S/C21H26N4O/c1-18-7-9-19(10-8-18)17-22-23-21(26)11-12-24-13-15-25(16-14-24)20-5-3-2-4-6-20/h2-10,17H,11-16H2,1H3,(H,23,26)/b22-17+. The number of anilines is 1. The molecule has 0 atom stereocenters. The fourth-order valence-electron chi connectivity index (χ4n) is 3.02. The summed E-state index contributed by atoms with van der Waals surface area (Å²) in [4.78, 5) is 16.7. The predicted octanol–water partition coefficient (Wildman–Crippen LogP) is 2.66. The quantitative estimate of drug-likeness (QED) is 0.644. The summed E-state index contributed by atoms with van der Waals surface area (Å²) in [5.74, 6) is -0.0427. The minimum atomic E-state index is -0.0427. The van der Waals surface area contributed by atoms with E-state index in [2.05, 4.69) is 44.6 Å². The molecule has 26 heavy (non-hydrogen) atoms. The molecule has 0 unspecified atom stereocenters. The lowest BCUT2D eigenvalue weighted by Crippen LogP contribution is -2.47. The second kappa shape index (κ2) is 9.15. The number of nitrogens with zero attached hydrogens (tertiary/aromatic N) is 3. The van der Waals surface area contributed by atoms with Crippen molar-refractivity contribution in [2.24, 2.45) is 5.10 Å². The van der Waals surface area contributed by atoms with Gasteiger partial charge in [0.05, 0.1) is 6.21 Å². The third-order valence-corrected chi connectivity index (χ3v) is 4.63. The van der Waals surface area contributed by atoms with Crippen LogP contribution in [-0.4, -0.2) is 49.7 Å². The Kier molecular flexibility index (Phi) is 6.39. The van der Waals surface area contributed by atoms with Crippen LogP contribution in [0.25, 0.3) is 0 Å².